The molecule has 0 aliphatic carbocycles. The maximum atomic E-state index is 12.6. The van der Waals surface area contributed by atoms with E-state index in [0.29, 0.717) is 50.0 Å². The zero-order valence-corrected chi connectivity index (χ0v) is 20.5. The summed E-state index contributed by atoms with van der Waals surface area (Å²) in [6.07, 6.45) is 5.51. The van der Waals surface area contributed by atoms with Crippen molar-refractivity contribution in [2.24, 2.45) is 0 Å². The second kappa shape index (κ2) is 13.9. The summed E-state index contributed by atoms with van der Waals surface area (Å²) in [6, 6.07) is 3.60. The lowest BCUT2D eigenvalue weighted by Crippen LogP contribution is -2.51. The molecule has 0 bridgehead atoms. The standard InChI is InChI=1S/C22H31N3O5.H2O3S/c1-28-18-14-17(15-19(29-2)22(18)30-3)6-7-20(26)25-12-10-23(11-13-25)16-21(27)24-8-4-5-9-24;1-4(2)3/h6-7,14-15H,4-5,8-13,16H2,1-3H3;(H2,1,2,3)/p-1/b7-6+;. The molecule has 1 unspecified atom stereocenters. The molecule has 2 heterocycles. The molecule has 190 valence electrons. The van der Waals surface area contributed by atoms with E-state index in [2.05, 4.69) is 4.90 Å². The lowest BCUT2D eigenvalue weighted by atomic mass is 10.1. The fourth-order valence-electron chi connectivity index (χ4n) is 3.85. The van der Waals surface area contributed by atoms with Gasteiger partial charge in [0, 0.05) is 45.3 Å². The fraction of sp³-hybridized carbons (Fsp3) is 0.545. The zero-order valence-electron chi connectivity index (χ0n) is 19.7. The van der Waals surface area contributed by atoms with E-state index in [9.17, 15) is 9.59 Å². The second-order valence-electron chi connectivity index (χ2n) is 7.70. The molecule has 0 saturated carbocycles. The van der Waals surface area contributed by atoms with Crippen LogP contribution in [0.3, 0.4) is 0 Å². The molecule has 3 rings (SSSR count). The smallest absolute Gasteiger partial charge is 0.246 e. The Bertz CT molecular complexity index is 852. The van der Waals surface area contributed by atoms with Crippen molar-refractivity contribution in [2.45, 2.75) is 12.8 Å². The molecule has 0 aromatic heterocycles. The van der Waals surface area contributed by atoms with Gasteiger partial charge in [-0.1, -0.05) is 0 Å². The van der Waals surface area contributed by atoms with Gasteiger partial charge in [0.15, 0.2) is 11.5 Å². The summed E-state index contributed by atoms with van der Waals surface area (Å²) in [6.45, 7) is 4.86. The average Bonchev–Trinajstić information content (AvgIpc) is 3.37. The van der Waals surface area contributed by atoms with Gasteiger partial charge < -0.3 is 33.1 Å². The number of hydrogen-bond donors (Lipinski definition) is 1. The highest BCUT2D eigenvalue weighted by atomic mass is 32.2. The number of nitrogens with zero attached hydrogens (tertiary/aromatic N) is 3. The molecule has 1 aromatic rings. The van der Waals surface area contributed by atoms with Crippen molar-refractivity contribution in [1.29, 1.82) is 0 Å². The van der Waals surface area contributed by atoms with Crippen LogP contribution in [0.15, 0.2) is 18.2 Å². The van der Waals surface area contributed by atoms with Crippen molar-refractivity contribution in [3.05, 3.63) is 23.8 Å². The Labute approximate surface area is 202 Å². The first-order valence-electron chi connectivity index (χ1n) is 10.8. The van der Waals surface area contributed by atoms with Crippen LogP contribution in [0.5, 0.6) is 17.2 Å². The number of methoxy groups -OCH3 is 3. The summed E-state index contributed by atoms with van der Waals surface area (Å²) in [5.74, 6) is 1.76. The average molecular weight is 499 g/mol. The maximum absolute atomic E-state index is 12.6. The number of likely N-dealkylation sites (tertiary alicyclic amines) is 1. The van der Waals surface area contributed by atoms with Crippen LogP contribution in [0, 0.1) is 0 Å². The van der Waals surface area contributed by atoms with Crippen molar-refractivity contribution in [2.75, 3.05) is 67.1 Å². The Morgan fingerprint density at radius 2 is 1.50 bits per heavy atom. The first-order valence-corrected chi connectivity index (χ1v) is 11.9. The highest BCUT2D eigenvalue weighted by Crippen LogP contribution is 2.38. The Balaban J connectivity index is 0.000000945. The van der Waals surface area contributed by atoms with Gasteiger partial charge in [0.25, 0.3) is 0 Å². The van der Waals surface area contributed by atoms with Crippen LogP contribution < -0.4 is 14.2 Å². The molecule has 0 spiro atoms. The van der Waals surface area contributed by atoms with Gasteiger partial charge in [0.05, 0.1) is 39.2 Å². The summed E-state index contributed by atoms with van der Waals surface area (Å²) in [7, 11) is 4.67. The molecule has 12 heteroatoms. The summed E-state index contributed by atoms with van der Waals surface area (Å²) >= 11 is -2.86. The van der Waals surface area contributed by atoms with Crippen LogP contribution in [0.25, 0.3) is 6.08 Å². The van der Waals surface area contributed by atoms with Gasteiger partial charge in [-0.25, -0.2) is 4.21 Å². The van der Waals surface area contributed by atoms with Gasteiger partial charge in [0.1, 0.15) is 0 Å². The molecule has 2 fully saturated rings. The van der Waals surface area contributed by atoms with Crippen molar-refractivity contribution in [1.82, 2.24) is 14.7 Å². The predicted octanol–water partition coefficient (Wildman–Crippen LogP) is 0.831. The van der Waals surface area contributed by atoms with Gasteiger partial charge in [-0.15, -0.1) is 0 Å². The van der Waals surface area contributed by atoms with Crippen LogP contribution in [-0.4, -0.2) is 107 Å². The van der Waals surface area contributed by atoms with Gasteiger partial charge in [-0.3, -0.25) is 14.5 Å². The van der Waals surface area contributed by atoms with Crippen molar-refractivity contribution < 1.29 is 37.1 Å². The first kappa shape index (κ1) is 27.6. The number of rotatable bonds is 7. The van der Waals surface area contributed by atoms with Gasteiger partial charge in [-0.2, -0.15) is 0 Å². The third kappa shape index (κ3) is 8.28. The Kier molecular flexibility index (Phi) is 11.3. The number of hydrogen-bond acceptors (Lipinski definition) is 8. The van der Waals surface area contributed by atoms with E-state index in [0.717, 1.165) is 31.5 Å². The molecule has 11 nitrogen and oxygen atoms in total. The minimum absolute atomic E-state index is 0.0470. The second-order valence-corrected chi connectivity index (χ2v) is 8.13. The largest absolute Gasteiger partial charge is 0.750 e. The summed E-state index contributed by atoms with van der Waals surface area (Å²) < 4.78 is 40.1. The van der Waals surface area contributed by atoms with Crippen molar-refractivity contribution >= 4 is 29.3 Å². The van der Waals surface area contributed by atoms with E-state index in [1.807, 2.05) is 9.80 Å². The Hall–Kier alpha value is -2.67. The summed E-state index contributed by atoms with van der Waals surface area (Å²) in [5.41, 5.74) is 0.785. The number of carbonyl (C=O) groups is 2. The molecule has 1 aromatic carbocycles. The number of ether oxygens (including phenoxy) is 3. The Morgan fingerprint density at radius 1 is 0.971 bits per heavy atom. The predicted molar refractivity (Wildman–Crippen MR) is 126 cm³/mol. The summed E-state index contributed by atoms with van der Waals surface area (Å²) in [5, 5.41) is 0. The summed E-state index contributed by atoms with van der Waals surface area (Å²) in [4.78, 5) is 30.8. The van der Waals surface area contributed by atoms with E-state index < -0.39 is 11.4 Å². The minimum atomic E-state index is -2.86. The number of benzene rings is 1. The zero-order chi connectivity index (χ0) is 25.1. The maximum Gasteiger partial charge on any atom is 0.246 e. The van der Waals surface area contributed by atoms with Crippen LogP contribution in [0.1, 0.15) is 18.4 Å². The lowest BCUT2D eigenvalue weighted by molar-refractivity contribution is -0.132. The van der Waals surface area contributed by atoms with Gasteiger partial charge in [-0.05, 0) is 36.6 Å². The quantitative estimate of drug-likeness (QED) is 0.429. The third-order valence-electron chi connectivity index (χ3n) is 5.61. The highest BCUT2D eigenvalue weighted by Gasteiger charge is 2.24. The lowest BCUT2D eigenvalue weighted by Gasteiger charge is -2.34. The topological polar surface area (TPSA) is 132 Å². The van der Waals surface area contributed by atoms with Crippen LogP contribution in [0.2, 0.25) is 0 Å². The molecule has 1 N–H and O–H groups in total. The number of carbonyl (C=O) groups excluding carboxylic acids is 2. The van der Waals surface area contributed by atoms with E-state index in [1.165, 1.54) is 0 Å². The van der Waals surface area contributed by atoms with Gasteiger partial charge in [0.2, 0.25) is 17.6 Å². The molecule has 2 aliphatic heterocycles. The number of piperazine rings is 1. The monoisotopic (exact) mass is 498 g/mol. The number of amides is 2. The minimum Gasteiger partial charge on any atom is -0.750 e. The van der Waals surface area contributed by atoms with E-state index in [-0.39, 0.29) is 11.8 Å². The van der Waals surface area contributed by atoms with E-state index >= 15 is 0 Å². The molecule has 2 amide bonds. The Morgan fingerprint density at radius 3 is 1.97 bits per heavy atom. The van der Waals surface area contributed by atoms with Crippen LogP contribution >= 0.6 is 0 Å². The highest BCUT2D eigenvalue weighted by molar-refractivity contribution is 7.73. The van der Waals surface area contributed by atoms with Crippen LogP contribution in [-0.2, 0) is 21.0 Å². The molecular formula is C22H32N3O8S-. The normalized spacial score (nSPS) is 17.2. The SMILES string of the molecule is COc1cc(/C=C/C(=O)N2CCN(CC(=O)N3CCCC3)CC2)cc(OC)c1OC.O=S([O-])O. The van der Waals surface area contributed by atoms with Crippen molar-refractivity contribution in [3.63, 3.8) is 0 Å². The third-order valence-corrected chi connectivity index (χ3v) is 5.61. The van der Waals surface area contributed by atoms with Gasteiger partial charge >= 0.3 is 0 Å². The molecule has 0 radical (unpaired) electrons. The molecule has 2 saturated heterocycles. The molecule has 1 atom stereocenters. The fourth-order valence-corrected chi connectivity index (χ4v) is 3.85. The molecular weight excluding hydrogens is 466 g/mol. The van der Waals surface area contributed by atoms with Crippen LogP contribution in [0.4, 0.5) is 0 Å². The first-order chi connectivity index (χ1) is 16.3. The van der Waals surface area contributed by atoms with Crippen molar-refractivity contribution in [3.8, 4) is 17.2 Å². The van der Waals surface area contributed by atoms with E-state index in [4.69, 9.17) is 27.5 Å². The molecule has 34 heavy (non-hydrogen) atoms. The van der Waals surface area contributed by atoms with E-state index in [1.54, 1.807) is 45.6 Å². The molecule has 2 aliphatic rings.